The molecular formula is C26H25ClFN3OS. The summed E-state index contributed by atoms with van der Waals surface area (Å²) in [5, 5.41) is 3.62. The number of aryl methyl sites for hydroxylation is 1. The Hall–Kier alpha value is -2.70. The fraction of sp³-hybridized carbons (Fsp3) is 0.308. The standard InChI is InChI=1S/C26H25ClFN3OS/c1-2-30-15-20(26-29-22(16-33-26)17-7-9-18(27)10-8-17)25(32)19-13-21(28)24(14-23(19)30)31-11-5-3-4-6-12-31/h7-10,13-16H,2-6,11-12H2,1H3. The Morgan fingerprint density at radius 1 is 1.09 bits per heavy atom. The minimum Gasteiger partial charge on any atom is -0.369 e. The Bertz CT molecular complexity index is 1350. The van der Waals surface area contributed by atoms with Crippen molar-refractivity contribution >= 4 is 39.5 Å². The molecule has 33 heavy (non-hydrogen) atoms. The molecule has 1 aliphatic rings. The summed E-state index contributed by atoms with van der Waals surface area (Å²) in [6.07, 6.45) is 6.36. The van der Waals surface area contributed by atoms with Crippen molar-refractivity contribution in [1.29, 1.82) is 0 Å². The van der Waals surface area contributed by atoms with Gasteiger partial charge in [0.25, 0.3) is 0 Å². The lowest BCUT2D eigenvalue weighted by molar-refractivity contribution is 0.618. The van der Waals surface area contributed by atoms with Crippen molar-refractivity contribution < 1.29 is 4.39 Å². The zero-order valence-corrected chi connectivity index (χ0v) is 20.1. The van der Waals surface area contributed by atoms with Crippen LogP contribution in [0.15, 0.2) is 52.8 Å². The van der Waals surface area contributed by atoms with Gasteiger partial charge < -0.3 is 9.47 Å². The number of aromatic nitrogens is 2. The first-order valence-corrected chi connectivity index (χ1v) is 12.6. The largest absolute Gasteiger partial charge is 0.369 e. The van der Waals surface area contributed by atoms with E-state index < -0.39 is 0 Å². The van der Waals surface area contributed by atoms with Gasteiger partial charge in [-0.15, -0.1) is 11.3 Å². The van der Waals surface area contributed by atoms with Crippen LogP contribution in [0.2, 0.25) is 5.02 Å². The average Bonchev–Trinajstić information content (AvgIpc) is 3.15. The molecule has 2 aromatic carbocycles. The molecule has 170 valence electrons. The number of hydrogen-bond acceptors (Lipinski definition) is 4. The van der Waals surface area contributed by atoms with E-state index in [-0.39, 0.29) is 11.2 Å². The van der Waals surface area contributed by atoms with E-state index in [1.807, 2.05) is 53.4 Å². The number of hydrogen-bond donors (Lipinski definition) is 0. The summed E-state index contributed by atoms with van der Waals surface area (Å²) in [7, 11) is 0. The van der Waals surface area contributed by atoms with E-state index in [0.29, 0.717) is 33.2 Å². The fourth-order valence-electron chi connectivity index (χ4n) is 4.52. The topological polar surface area (TPSA) is 38.1 Å². The van der Waals surface area contributed by atoms with E-state index in [4.69, 9.17) is 16.6 Å². The molecular weight excluding hydrogens is 457 g/mol. The van der Waals surface area contributed by atoms with Gasteiger partial charge in [0.2, 0.25) is 0 Å². The predicted molar refractivity (Wildman–Crippen MR) is 136 cm³/mol. The zero-order chi connectivity index (χ0) is 22.9. The third-order valence-electron chi connectivity index (χ3n) is 6.31. The number of anilines is 1. The first-order chi connectivity index (χ1) is 16.0. The number of fused-ring (bicyclic) bond motifs is 1. The Morgan fingerprint density at radius 2 is 1.82 bits per heavy atom. The predicted octanol–water partition coefficient (Wildman–Crippen LogP) is 6.98. The van der Waals surface area contributed by atoms with Gasteiger partial charge in [0, 0.05) is 47.2 Å². The summed E-state index contributed by atoms with van der Waals surface area (Å²) in [4.78, 5) is 20.3. The van der Waals surface area contributed by atoms with Crippen LogP contribution in [0.4, 0.5) is 10.1 Å². The quantitative estimate of drug-likeness (QED) is 0.315. The molecule has 3 heterocycles. The summed E-state index contributed by atoms with van der Waals surface area (Å²) in [6.45, 7) is 4.40. The number of rotatable bonds is 4. The molecule has 0 N–H and O–H groups in total. The second-order valence-electron chi connectivity index (χ2n) is 8.42. The maximum atomic E-state index is 15.2. The molecule has 4 aromatic rings. The van der Waals surface area contributed by atoms with Gasteiger partial charge in [-0.2, -0.15) is 0 Å². The third-order valence-corrected chi connectivity index (χ3v) is 7.44. The third kappa shape index (κ3) is 4.30. The number of benzene rings is 2. The highest BCUT2D eigenvalue weighted by molar-refractivity contribution is 7.13. The molecule has 0 spiro atoms. The molecule has 5 rings (SSSR count). The van der Waals surface area contributed by atoms with E-state index in [9.17, 15) is 4.79 Å². The summed E-state index contributed by atoms with van der Waals surface area (Å²) in [5.41, 5.74) is 3.40. The van der Waals surface area contributed by atoms with Gasteiger partial charge in [-0.1, -0.05) is 36.6 Å². The van der Waals surface area contributed by atoms with Crippen LogP contribution in [0.5, 0.6) is 0 Å². The Balaban J connectivity index is 1.60. The highest BCUT2D eigenvalue weighted by Gasteiger charge is 2.19. The van der Waals surface area contributed by atoms with Gasteiger partial charge in [0.05, 0.1) is 22.5 Å². The summed E-state index contributed by atoms with van der Waals surface area (Å²) in [6, 6.07) is 10.7. The van der Waals surface area contributed by atoms with E-state index in [1.54, 1.807) is 0 Å². The number of pyridine rings is 1. The van der Waals surface area contributed by atoms with E-state index in [2.05, 4.69) is 4.90 Å². The van der Waals surface area contributed by atoms with Crippen LogP contribution in [-0.2, 0) is 6.54 Å². The molecule has 1 saturated heterocycles. The van der Waals surface area contributed by atoms with E-state index in [0.717, 1.165) is 42.7 Å². The number of halogens is 2. The monoisotopic (exact) mass is 481 g/mol. The van der Waals surface area contributed by atoms with Crippen molar-refractivity contribution in [3.8, 4) is 21.8 Å². The first-order valence-electron chi connectivity index (χ1n) is 11.4. The molecule has 7 heteroatoms. The fourth-order valence-corrected chi connectivity index (χ4v) is 5.48. The lowest BCUT2D eigenvalue weighted by Gasteiger charge is -2.24. The Kier molecular flexibility index (Phi) is 6.21. The molecule has 0 amide bonds. The zero-order valence-electron chi connectivity index (χ0n) is 18.5. The van der Waals surface area contributed by atoms with Gasteiger partial charge >= 0.3 is 0 Å². The smallest absolute Gasteiger partial charge is 0.199 e. The Labute approximate surface area is 201 Å². The van der Waals surface area contributed by atoms with Crippen LogP contribution in [0.3, 0.4) is 0 Å². The first kappa shape index (κ1) is 22.1. The highest BCUT2D eigenvalue weighted by Crippen LogP contribution is 2.31. The van der Waals surface area contributed by atoms with Gasteiger partial charge in [0.15, 0.2) is 5.43 Å². The molecule has 0 atom stereocenters. The van der Waals surface area contributed by atoms with Crippen LogP contribution in [0.25, 0.3) is 32.7 Å². The van der Waals surface area contributed by atoms with Crippen molar-refractivity contribution in [3.63, 3.8) is 0 Å². The second-order valence-corrected chi connectivity index (χ2v) is 9.72. The van der Waals surface area contributed by atoms with Crippen LogP contribution < -0.4 is 10.3 Å². The lowest BCUT2D eigenvalue weighted by atomic mass is 10.1. The average molecular weight is 482 g/mol. The molecule has 0 bridgehead atoms. The van der Waals surface area contributed by atoms with Crippen LogP contribution >= 0.6 is 22.9 Å². The van der Waals surface area contributed by atoms with E-state index >= 15 is 4.39 Å². The maximum absolute atomic E-state index is 15.2. The van der Waals surface area contributed by atoms with Crippen molar-refractivity contribution in [3.05, 3.63) is 69.0 Å². The van der Waals surface area contributed by atoms with Crippen molar-refractivity contribution in [2.45, 2.75) is 39.2 Å². The molecule has 0 saturated carbocycles. The van der Waals surface area contributed by atoms with Crippen molar-refractivity contribution in [1.82, 2.24) is 9.55 Å². The van der Waals surface area contributed by atoms with Crippen LogP contribution in [-0.4, -0.2) is 22.6 Å². The van der Waals surface area contributed by atoms with Gasteiger partial charge in [-0.3, -0.25) is 4.79 Å². The van der Waals surface area contributed by atoms with Gasteiger partial charge in [-0.25, -0.2) is 9.37 Å². The van der Waals surface area contributed by atoms with Crippen LogP contribution in [0.1, 0.15) is 32.6 Å². The molecule has 4 nitrogen and oxygen atoms in total. The molecule has 0 aliphatic carbocycles. The minimum atomic E-state index is -0.331. The minimum absolute atomic E-state index is 0.187. The SMILES string of the molecule is CCn1cc(-c2nc(-c3ccc(Cl)cc3)cs2)c(=O)c2cc(F)c(N3CCCCCC3)cc21. The van der Waals surface area contributed by atoms with Crippen molar-refractivity contribution in [2.75, 3.05) is 18.0 Å². The normalized spacial score (nSPS) is 14.6. The van der Waals surface area contributed by atoms with E-state index in [1.165, 1.54) is 30.2 Å². The number of nitrogens with zero attached hydrogens (tertiary/aromatic N) is 3. The van der Waals surface area contributed by atoms with Gasteiger partial charge in [0.1, 0.15) is 10.8 Å². The summed E-state index contributed by atoms with van der Waals surface area (Å²) < 4.78 is 17.3. The number of thiazole rings is 1. The molecule has 1 fully saturated rings. The van der Waals surface area contributed by atoms with Crippen LogP contribution in [0, 0.1) is 5.82 Å². The van der Waals surface area contributed by atoms with Gasteiger partial charge in [-0.05, 0) is 44.0 Å². The lowest BCUT2D eigenvalue weighted by Crippen LogP contribution is -2.25. The molecule has 0 radical (unpaired) electrons. The molecule has 1 aliphatic heterocycles. The Morgan fingerprint density at radius 3 is 2.52 bits per heavy atom. The maximum Gasteiger partial charge on any atom is 0.199 e. The second kappa shape index (κ2) is 9.27. The molecule has 2 aromatic heterocycles. The highest BCUT2D eigenvalue weighted by atomic mass is 35.5. The van der Waals surface area contributed by atoms with Crippen molar-refractivity contribution in [2.24, 2.45) is 0 Å². The molecule has 0 unspecified atom stereocenters. The summed E-state index contributed by atoms with van der Waals surface area (Å²) >= 11 is 7.41. The summed E-state index contributed by atoms with van der Waals surface area (Å²) in [5.74, 6) is -0.331.